The molecule has 0 amide bonds. The summed E-state index contributed by atoms with van der Waals surface area (Å²) in [6, 6.07) is 19.8. The van der Waals surface area contributed by atoms with E-state index in [1.54, 1.807) is 24.3 Å². The zero-order valence-corrected chi connectivity index (χ0v) is 25.6. The molecule has 0 fully saturated rings. The van der Waals surface area contributed by atoms with E-state index in [4.69, 9.17) is 19.7 Å². The van der Waals surface area contributed by atoms with E-state index in [0.29, 0.717) is 16.3 Å². The molecule has 232 valence electrons. The van der Waals surface area contributed by atoms with Gasteiger partial charge in [-0.05, 0) is 42.5 Å². The van der Waals surface area contributed by atoms with Crippen LogP contribution in [0.1, 0.15) is 28.3 Å². The van der Waals surface area contributed by atoms with Gasteiger partial charge in [0.2, 0.25) is 5.69 Å². The van der Waals surface area contributed by atoms with Crippen LogP contribution in [0.15, 0.2) is 95.6 Å². The third-order valence-corrected chi connectivity index (χ3v) is 7.44. The molecule has 0 saturated carbocycles. The van der Waals surface area contributed by atoms with Crippen molar-refractivity contribution in [3.63, 3.8) is 0 Å². The first kappa shape index (κ1) is 31.2. The number of fused-ring (bicyclic) bond motifs is 3. The summed E-state index contributed by atoms with van der Waals surface area (Å²) in [5.41, 5.74) is -0.201. The Kier molecular flexibility index (Phi) is 7.40. The van der Waals surface area contributed by atoms with Crippen LogP contribution in [0.4, 0.5) is 5.69 Å². The Hall–Kier alpha value is -9.39. The number of hydrogen-bond donors (Lipinski definition) is 0. The number of hydrogen-bond acceptors (Lipinski definition) is 14. The Bertz CT molecular complexity index is 2990. The molecule has 0 bridgehead atoms. The molecular formula is C35H7N17. The first-order valence-electron chi connectivity index (χ1n) is 14.3. The molecule has 1 aromatic heterocycles. The van der Waals surface area contributed by atoms with Crippen LogP contribution in [0.3, 0.4) is 0 Å². The van der Waals surface area contributed by atoms with Gasteiger partial charge >= 0.3 is 5.70 Å². The molecular weight excluding hydrogens is 659 g/mol. The highest BCUT2D eigenvalue weighted by Crippen LogP contribution is 2.26. The number of nitrogens with zero attached hydrogens (tertiary/aromatic N) is 17. The maximum absolute atomic E-state index is 10.4. The minimum absolute atomic E-state index is 0.0390. The van der Waals surface area contributed by atoms with Crippen LogP contribution < -0.4 is 32.1 Å². The number of rotatable bonds is 3. The molecule has 7 rings (SSSR count). The number of benzene rings is 3. The van der Waals surface area contributed by atoms with E-state index in [-0.39, 0.29) is 95.7 Å². The molecule has 52 heavy (non-hydrogen) atoms. The quantitative estimate of drug-likeness (QED) is 0.227. The molecule has 17 heteroatoms. The third-order valence-electron chi connectivity index (χ3n) is 7.44. The fraction of sp³-hybridized carbons (Fsp3) is 0. The average Bonchev–Trinajstić information content (AvgIpc) is 3.90. The second-order valence-electron chi connectivity index (χ2n) is 10.4. The lowest BCUT2D eigenvalue weighted by molar-refractivity contribution is 0.991. The van der Waals surface area contributed by atoms with Crippen molar-refractivity contribution in [3.8, 4) is 41.7 Å². The summed E-state index contributed by atoms with van der Waals surface area (Å²) in [6.07, 6.45) is 0. The fourth-order valence-corrected chi connectivity index (χ4v) is 5.05. The maximum atomic E-state index is 10.4. The van der Waals surface area contributed by atoms with Gasteiger partial charge in [0, 0.05) is 5.56 Å². The predicted molar refractivity (Wildman–Crippen MR) is 171 cm³/mol. The largest absolute Gasteiger partial charge is 0.305 e. The van der Waals surface area contributed by atoms with Crippen LogP contribution >= 0.6 is 0 Å². The summed E-state index contributed by atoms with van der Waals surface area (Å²) >= 11 is 0. The van der Waals surface area contributed by atoms with Crippen molar-refractivity contribution in [3.05, 3.63) is 160 Å². The highest BCUT2D eigenvalue weighted by Gasteiger charge is 2.23. The Morgan fingerprint density at radius 1 is 0.538 bits per heavy atom. The first-order chi connectivity index (χ1) is 25.3. The SMILES string of the molecule is [C-]#[N+]/C(=C1/N=c2cc(C#N)c([N+]#[C-])cc2=N1)c1nc(C(C#N)=C2N=c3cc(C#N)c(C#N)cc3=N2)nc(-c2ccc3c(c2)=N/C(=C(\C#N)[N+]#[C-])N=3)n1. The fourth-order valence-electron chi connectivity index (χ4n) is 5.05. The number of allylic oxidation sites excluding steroid dienone is 2. The van der Waals surface area contributed by atoms with Gasteiger partial charge in [0.15, 0.2) is 34.9 Å². The molecule has 0 aliphatic carbocycles. The van der Waals surface area contributed by atoms with E-state index in [2.05, 4.69) is 59.4 Å². The maximum Gasteiger partial charge on any atom is 0.305 e. The summed E-state index contributed by atoms with van der Waals surface area (Å²) in [4.78, 5) is 49.7. The normalized spacial score (nSPS) is 14.2. The summed E-state index contributed by atoms with van der Waals surface area (Å²) in [6.45, 7) is 22.7. The van der Waals surface area contributed by atoms with Crippen molar-refractivity contribution in [2.75, 3.05) is 0 Å². The van der Waals surface area contributed by atoms with E-state index in [9.17, 15) is 26.3 Å². The molecule has 0 N–H and O–H groups in total. The topological polar surface area (TPSA) is 245 Å². The van der Waals surface area contributed by atoms with E-state index < -0.39 is 0 Å². The molecule has 3 aliphatic rings. The molecule has 3 aromatic carbocycles. The van der Waals surface area contributed by atoms with Gasteiger partial charge in [-0.25, -0.2) is 64.7 Å². The van der Waals surface area contributed by atoms with Gasteiger partial charge in [-0.2, -0.15) is 21.0 Å². The standard InChI is InChI=1S/C35H7N17/c1-41-22-10-27-26(9-19(22)13-38)48-34(49-27)29(43-3)35-51-30(16-4-5-21-23(6-16)47-33(44-21)28(15-40)42-2)50-32(52-35)20(14-39)31-45-24-7-17(11-36)18(12-37)8-25(24)46-31/h4-10H/b33-28+,34-29-. The van der Waals surface area contributed by atoms with Gasteiger partial charge in [-0.15, -0.1) is 0 Å². The Balaban J connectivity index is 1.48. The minimum atomic E-state index is -0.301. The highest BCUT2D eigenvalue weighted by molar-refractivity contribution is 5.78. The Morgan fingerprint density at radius 3 is 1.67 bits per heavy atom. The first-order valence-corrected chi connectivity index (χ1v) is 14.3. The lowest BCUT2D eigenvalue weighted by atomic mass is 10.1. The minimum Gasteiger partial charge on any atom is -0.240 e. The summed E-state index contributed by atoms with van der Waals surface area (Å²) < 4.78 is 0. The molecule has 3 aliphatic heterocycles. The second kappa shape index (κ2) is 12.3. The van der Waals surface area contributed by atoms with Crippen LogP contribution in [0.25, 0.3) is 37.2 Å². The van der Waals surface area contributed by atoms with E-state index in [0.717, 1.165) is 0 Å². The van der Waals surface area contributed by atoms with Crippen molar-refractivity contribution in [2.24, 2.45) is 30.0 Å². The summed E-state index contributed by atoms with van der Waals surface area (Å²) in [7, 11) is 0. The van der Waals surface area contributed by atoms with Gasteiger partial charge in [-0.1, -0.05) is 0 Å². The molecule has 0 radical (unpaired) electrons. The van der Waals surface area contributed by atoms with Gasteiger partial charge in [0.25, 0.3) is 5.70 Å². The summed E-state index contributed by atoms with van der Waals surface area (Å²) in [5, 5.41) is 49.7. The van der Waals surface area contributed by atoms with Crippen LogP contribution in [0, 0.1) is 76.4 Å². The molecule has 17 nitrogen and oxygen atoms in total. The van der Waals surface area contributed by atoms with E-state index in [1.165, 1.54) is 24.3 Å². The monoisotopic (exact) mass is 665 g/mol. The molecule has 0 atom stereocenters. The second-order valence-corrected chi connectivity index (χ2v) is 10.4. The number of nitriles is 5. The third kappa shape index (κ3) is 5.11. The van der Waals surface area contributed by atoms with E-state index in [1.807, 2.05) is 24.3 Å². The van der Waals surface area contributed by atoms with Crippen molar-refractivity contribution in [1.29, 1.82) is 26.3 Å². The Labute approximate surface area is 289 Å². The summed E-state index contributed by atoms with van der Waals surface area (Å²) in [5.74, 6) is -0.854. The van der Waals surface area contributed by atoms with Crippen LogP contribution in [0.5, 0.6) is 0 Å². The smallest absolute Gasteiger partial charge is 0.240 e. The van der Waals surface area contributed by atoms with Crippen molar-refractivity contribution >= 4 is 17.0 Å². The molecule has 0 unspecified atom stereocenters. The number of aromatic nitrogens is 3. The average molecular weight is 666 g/mol. The predicted octanol–water partition coefficient (Wildman–Crippen LogP) is 1.21. The highest BCUT2D eigenvalue weighted by atomic mass is 15.1. The zero-order valence-electron chi connectivity index (χ0n) is 25.6. The van der Waals surface area contributed by atoms with Crippen molar-refractivity contribution in [2.45, 2.75) is 0 Å². The van der Waals surface area contributed by atoms with Crippen molar-refractivity contribution in [1.82, 2.24) is 15.0 Å². The molecule has 4 aromatic rings. The van der Waals surface area contributed by atoms with Crippen LogP contribution in [-0.2, 0) is 0 Å². The van der Waals surface area contributed by atoms with Gasteiger partial charge in [0.1, 0.15) is 23.8 Å². The van der Waals surface area contributed by atoms with Crippen LogP contribution in [-0.4, -0.2) is 15.0 Å². The lowest BCUT2D eigenvalue weighted by Crippen LogP contribution is -2.22. The van der Waals surface area contributed by atoms with E-state index >= 15 is 0 Å². The van der Waals surface area contributed by atoms with Gasteiger partial charge in [0.05, 0.1) is 80.7 Å². The van der Waals surface area contributed by atoms with Gasteiger partial charge < -0.3 is 0 Å². The lowest BCUT2D eigenvalue weighted by Gasteiger charge is -2.07. The Morgan fingerprint density at radius 2 is 1.10 bits per heavy atom. The molecule has 0 saturated heterocycles. The zero-order chi connectivity index (χ0) is 36.5. The van der Waals surface area contributed by atoms with Crippen LogP contribution in [0.2, 0.25) is 0 Å². The van der Waals surface area contributed by atoms with Gasteiger partial charge in [-0.3, -0.25) is 0 Å². The van der Waals surface area contributed by atoms with Crippen molar-refractivity contribution < 1.29 is 0 Å². The molecule has 4 heterocycles. The molecule has 0 spiro atoms.